The van der Waals surface area contributed by atoms with E-state index in [9.17, 15) is 4.79 Å². The molecular formula is C12H18N2O2. The highest BCUT2D eigenvalue weighted by atomic mass is 16.4. The summed E-state index contributed by atoms with van der Waals surface area (Å²) in [6.07, 6.45) is -0.554. The zero-order valence-corrected chi connectivity index (χ0v) is 9.60. The van der Waals surface area contributed by atoms with Crippen molar-refractivity contribution in [1.82, 2.24) is 5.32 Å². The molecule has 0 aromatic heterocycles. The lowest BCUT2D eigenvalue weighted by molar-refractivity contribution is 0.170. The Morgan fingerprint density at radius 2 is 2.06 bits per heavy atom. The lowest BCUT2D eigenvalue weighted by atomic mass is 9.86. The molecule has 1 aromatic rings. The van der Waals surface area contributed by atoms with E-state index in [1.165, 1.54) is 0 Å². The molecule has 2 unspecified atom stereocenters. The third-order valence-electron chi connectivity index (χ3n) is 3.00. The molecule has 0 aliphatic heterocycles. The molecule has 0 heterocycles. The number of rotatable bonds is 4. The first-order chi connectivity index (χ1) is 7.49. The normalized spacial score (nSPS) is 16.2. The number of amides is 1. The molecule has 0 saturated heterocycles. The molecule has 1 aromatic carbocycles. The van der Waals surface area contributed by atoms with Gasteiger partial charge in [-0.25, -0.2) is 4.79 Å². The minimum atomic E-state index is -1.09. The van der Waals surface area contributed by atoms with E-state index in [0.29, 0.717) is 6.42 Å². The highest BCUT2D eigenvalue weighted by Crippen LogP contribution is 2.26. The van der Waals surface area contributed by atoms with Gasteiger partial charge in [-0.15, -0.1) is 0 Å². The lowest BCUT2D eigenvalue weighted by Gasteiger charge is -2.34. The van der Waals surface area contributed by atoms with Crippen LogP contribution in [0.3, 0.4) is 0 Å². The minimum Gasteiger partial charge on any atom is -0.465 e. The van der Waals surface area contributed by atoms with Crippen molar-refractivity contribution in [2.45, 2.75) is 31.8 Å². The Labute approximate surface area is 95.5 Å². The number of hydrogen-bond donors (Lipinski definition) is 3. The Balaban J connectivity index is 2.92. The number of nitrogens with one attached hydrogen (secondary N) is 1. The summed E-state index contributed by atoms with van der Waals surface area (Å²) >= 11 is 0. The van der Waals surface area contributed by atoms with Gasteiger partial charge in [0.15, 0.2) is 0 Å². The molecule has 4 N–H and O–H groups in total. The van der Waals surface area contributed by atoms with E-state index in [0.717, 1.165) is 5.56 Å². The highest BCUT2D eigenvalue weighted by molar-refractivity contribution is 5.65. The van der Waals surface area contributed by atoms with Crippen molar-refractivity contribution in [2.75, 3.05) is 0 Å². The second-order valence-electron chi connectivity index (χ2n) is 3.96. The van der Waals surface area contributed by atoms with Gasteiger partial charge in [0.2, 0.25) is 0 Å². The fourth-order valence-corrected chi connectivity index (χ4v) is 1.74. The van der Waals surface area contributed by atoms with E-state index in [1.54, 1.807) is 0 Å². The van der Waals surface area contributed by atoms with Crippen LogP contribution in [-0.2, 0) is 0 Å². The van der Waals surface area contributed by atoms with Crippen LogP contribution in [0.2, 0.25) is 0 Å². The Morgan fingerprint density at radius 1 is 1.50 bits per heavy atom. The molecule has 0 spiro atoms. The maximum absolute atomic E-state index is 10.7. The molecule has 4 nitrogen and oxygen atoms in total. The molecule has 1 amide bonds. The van der Waals surface area contributed by atoms with E-state index in [1.807, 2.05) is 44.2 Å². The fraction of sp³-hybridized carbons (Fsp3) is 0.417. The Morgan fingerprint density at radius 3 is 2.50 bits per heavy atom. The van der Waals surface area contributed by atoms with E-state index in [-0.39, 0.29) is 5.92 Å². The van der Waals surface area contributed by atoms with Crippen molar-refractivity contribution in [2.24, 2.45) is 5.73 Å². The molecule has 16 heavy (non-hydrogen) atoms. The van der Waals surface area contributed by atoms with Gasteiger partial charge in [-0.05, 0) is 12.0 Å². The molecular weight excluding hydrogens is 204 g/mol. The van der Waals surface area contributed by atoms with Crippen LogP contribution >= 0.6 is 0 Å². The van der Waals surface area contributed by atoms with Crippen LogP contribution in [0, 0.1) is 0 Å². The predicted molar refractivity (Wildman–Crippen MR) is 63.2 cm³/mol. The zero-order chi connectivity index (χ0) is 12.2. The molecule has 88 valence electrons. The molecule has 0 radical (unpaired) electrons. The van der Waals surface area contributed by atoms with Crippen LogP contribution in [0.5, 0.6) is 0 Å². The Bertz CT molecular complexity index is 353. The van der Waals surface area contributed by atoms with E-state index < -0.39 is 11.8 Å². The van der Waals surface area contributed by atoms with Gasteiger partial charge in [0.05, 0.1) is 5.66 Å². The molecule has 4 heteroatoms. The summed E-state index contributed by atoms with van der Waals surface area (Å²) in [7, 11) is 0. The topological polar surface area (TPSA) is 75.3 Å². The molecule has 1 rings (SSSR count). The van der Waals surface area contributed by atoms with Crippen molar-refractivity contribution in [3.05, 3.63) is 35.9 Å². The summed E-state index contributed by atoms with van der Waals surface area (Å²) in [5.74, 6) is -0.0743. The smallest absolute Gasteiger partial charge is 0.406 e. The van der Waals surface area contributed by atoms with E-state index in [2.05, 4.69) is 5.32 Å². The number of carbonyl (C=O) groups is 1. The molecule has 0 bridgehead atoms. The maximum Gasteiger partial charge on any atom is 0.406 e. The van der Waals surface area contributed by atoms with Gasteiger partial charge in [-0.2, -0.15) is 0 Å². The third-order valence-corrected chi connectivity index (χ3v) is 3.00. The SMILES string of the molecule is CCC(N)(NC(=O)O)C(C)c1ccccc1. The number of carboxylic acid groups (broad SMARTS) is 1. The lowest BCUT2D eigenvalue weighted by Crippen LogP contribution is -2.58. The average molecular weight is 222 g/mol. The van der Waals surface area contributed by atoms with Gasteiger partial charge in [-0.1, -0.05) is 44.2 Å². The van der Waals surface area contributed by atoms with Crippen LogP contribution in [0.4, 0.5) is 4.79 Å². The van der Waals surface area contributed by atoms with Gasteiger partial charge in [-0.3, -0.25) is 0 Å². The van der Waals surface area contributed by atoms with Crippen LogP contribution < -0.4 is 11.1 Å². The first-order valence-corrected chi connectivity index (χ1v) is 5.34. The summed E-state index contributed by atoms with van der Waals surface area (Å²) in [5.41, 5.74) is 6.19. The summed E-state index contributed by atoms with van der Waals surface area (Å²) in [5, 5.41) is 11.2. The molecule has 0 saturated carbocycles. The minimum absolute atomic E-state index is 0.0743. The third kappa shape index (κ3) is 2.73. The van der Waals surface area contributed by atoms with Crippen LogP contribution in [0.15, 0.2) is 30.3 Å². The van der Waals surface area contributed by atoms with Crippen LogP contribution in [0.1, 0.15) is 31.7 Å². The van der Waals surface area contributed by atoms with Crippen molar-refractivity contribution in [3.8, 4) is 0 Å². The summed E-state index contributed by atoms with van der Waals surface area (Å²) in [6, 6.07) is 9.66. The standard InChI is InChI=1S/C12H18N2O2/c1-3-12(13,14-11(15)16)9(2)10-7-5-4-6-8-10/h4-9,14H,3,13H2,1-2H3,(H,15,16). The van der Waals surface area contributed by atoms with Crippen molar-refractivity contribution < 1.29 is 9.90 Å². The number of nitrogens with two attached hydrogens (primary N) is 1. The quantitative estimate of drug-likeness (QED) is 0.683. The van der Waals surface area contributed by atoms with Crippen LogP contribution in [0.25, 0.3) is 0 Å². The Kier molecular flexibility index (Phi) is 3.90. The average Bonchev–Trinajstić information content (AvgIpc) is 2.28. The number of benzene rings is 1. The van der Waals surface area contributed by atoms with Gasteiger partial charge in [0.1, 0.15) is 0 Å². The monoisotopic (exact) mass is 222 g/mol. The predicted octanol–water partition coefficient (Wildman–Crippen LogP) is 2.12. The molecule has 0 aliphatic carbocycles. The second-order valence-corrected chi connectivity index (χ2v) is 3.96. The second kappa shape index (κ2) is 4.99. The van der Waals surface area contributed by atoms with E-state index >= 15 is 0 Å². The fourth-order valence-electron chi connectivity index (χ4n) is 1.74. The highest BCUT2D eigenvalue weighted by Gasteiger charge is 2.32. The summed E-state index contributed by atoms with van der Waals surface area (Å²) in [6.45, 7) is 3.80. The summed E-state index contributed by atoms with van der Waals surface area (Å²) < 4.78 is 0. The largest absolute Gasteiger partial charge is 0.465 e. The number of hydrogen-bond acceptors (Lipinski definition) is 2. The van der Waals surface area contributed by atoms with Gasteiger partial charge < -0.3 is 16.2 Å². The van der Waals surface area contributed by atoms with Crippen molar-refractivity contribution in [3.63, 3.8) is 0 Å². The van der Waals surface area contributed by atoms with Crippen LogP contribution in [-0.4, -0.2) is 16.9 Å². The van der Waals surface area contributed by atoms with Crippen molar-refractivity contribution in [1.29, 1.82) is 0 Å². The molecule has 0 fully saturated rings. The van der Waals surface area contributed by atoms with Gasteiger partial charge >= 0.3 is 6.09 Å². The Hall–Kier alpha value is -1.55. The van der Waals surface area contributed by atoms with E-state index in [4.69, 9.17) is 10.8 Å². The maximum atomic E-state index is 10.7. The molecule has 2 atom stereocenters. The molecule has 0 aliphatic rings. The zero-order valence-electron chi connectivity index (χ0n) is 9.60. The summed E-state index contributed by atoms with van der Waals surface area (Å²) in [4.78, 5) is 10.7. The van der Waals surface area contributed by atoms with Gasteiger partial charge in [0, 0.05) is 5.92 Å². The first kappa shape index (κ1) is 12.5. The first-order valence-electron chi connectivity index (χ1n) is 5.34. The van der Waals surface area contributed by atoms with Gasteiger partial charge in [0.25, 0.3) is 0 Å². The van der Waals surface area contributed by atoms with Crippen molar-refractivity contribution >= 4 is 6.09 Å².